The van der Waals surface area contributed by atoms with Gasteiger partial charge in [0, 0.05) is 76.1 Å². The SMILES string of the molecule is O=C1CC[C@H](N2Cc3cc(N4CCN(C5CN(CC6CCNCC6)C5)CC4)ccc3C2=O)C(=O)N1. The fourth-order valence-electron chi connectivity index (χ4n) is 6.45. The molecule has 0 bridgehead atoms. The van der Waals surface area contributed by atoms with Crippen LogP contribution in [-0.4, -0.2) is 103 Å². The molecule has 0 unspecified atom stereocenters. The van der Waals surface area contributed by atoms with Crippen molar-refractivity contribution in [2.24, 2.45) is 5.92 Å². The average molecular weight is 481 g/mol. The Hall–Kier alpha value is -2.49. The van der Waals surface area contributed by atoms with Crippen LogP contribution in [0.3, 0.4) is 0 Å². The number of carbonyl (C=O) groups excluding carboxylic acids is 3. The van der Waals surface area contributed by atoms with Crippen LogP contribution in [-0.2, 0) is 16.1 Å². The molecule has 0 aromatic heterocycles. The Bertz CT molecular complexity index is 995. The zero-order chi connectivity index (χ0) is 23.9. The highest BCUT2D eigenvalue weighted by molar-refractivity contribution is 6.05. The number of benzene rings is 1. The quantitative estimate of drug-likeness (QED) is 0.585. The zero-order valence-corrected chi connectivity index (χ0v) is 20.4. The number of fused-ring (bicyclic) bond motifs is 1. The first-order chi connectivity index (χ1) is 17.0. The number of carbonyl (C=O) groups is 3. The van der Waals surface area contributed by atoms with Crippen LogP contribution in [0.2, 0.25) is 0 Å². The summed E-state index contributed by atoms with van der Waals surface area (Å²) >= 11 is 0. The zero-order valence-electron chi connectivity index (χ0n) is 20.4. The number of piperidine rings is 2. The number of anilines is 1. The second-order valence-corrected chi connectivity index (χ2v) is 10.8. The lowest BCUT2D eigenvalue weighted by molar-refractivity contribution is -0.136. The Morgan fingerprint density at radius 2 is 1.71 bits per heavy atom. The summed E-state index contributed by atoms with van der Waals surface area (Å²) < 4.78 is 0. The molecular formula is C26H36N6O3. The van der Waals surface area contributed by atoms with Gasteiger partial charge in [-0.2, -0.15) is 0 Å². The first-order valence-corrected chi connectivity index (χ1v) is 13.2. The van der Waals surface area contributed by atoms with E-state index >= 15 is 0 Å². The Kier molecular flexibility index (Phi) is 6.24. The summed E-state index contributed by atoms with van der Waals surface area (Å²) in [5.41, 5.74) is 2.81. The molecule has 6 rings (SSSR count). The number of rotatable bonds is 5. The topological polar surface area (TPSA) is 88.2 Å². The Labute approximate surface area is 206 Å². The molecule has 188 valence electrons. The summed E-state index contributed by atoms with van der Waals surface area (Å²) in [5, 5.41) is 5.83. The third kappa shape index (κ3) is 4.57. The minimum absolute atomic E-state index is 0.107. The van der Waals surface area contributed by atoms with Gasteiger partial charge in [-0.25, -0.2) is 0 Å². The van der Waals surface area contributed by atoms with E-state index < -0.39 is 6.04 Å². The molecule has 2 N–H and O–H groups in total. The summed E-state index contributed by atoms with van der Waals surface area (Å²) in [6.45, 7) is 10.6. The standard InChI is InChI=1S/C26H36N6O3/c33-24-4-3-23(25(34)28-24)32-15-19-13-20(1-2-22(19)26(32)35)30-9-11-31(12-10-30)21-16-29(17-21)14-18-5-7-27-8-6-18/h1-2,13,18,21,23,27H,3-12,14-17H2,(H,28,33,34)/t23-/m0/s1. The van der Waals surface area contributed by atoms with Crippen LogP contribution in [0.15, 0.2) is 18.2 Å². The smallest absolute Gasteiger partial charge is 0.255 e. The molecule has 5 heterocycles. The first-order valence-electron chi connectivity index (χ1n) is 13.2. The van der Waals surface area contributed by atoms with Crippen LogP contribution in [0.4, 0.5) is 5.69 Å². The highest BCUT2D eigenvalue weighted by atomic mass is 16.2. The van der Waals surface area contributed by atoms with Crippen LogP contribution in [0, 0.1) is 5.92 Å². The predicted octanol–water partition coefficient (Wildman–Crippen LogP) is 0.253. The van der Waals surface area contributed by atoms with Crippen LogP contribution in [0.5, 0.6) is 0 Å². The first kappa shape index (κ1) is 22.9. The lowest BCUT2D eigenvalue weighted by Gasteiger charge is -2.49. The van der Waals surface area contributed by atoms with Crippen molar-refractivity contribution in [2.75, 3.05) is 63.8 Å². The van der Waals surface area contributed by atoms with E-state index in [2.05, 4.69) is 31.4 Å². The molecule has 0 aliphatic carbocycles. The molecule has 0 spiro atoms. The molecular weight excluding hydrogens is 444 g/mol. The Morgan fingerprint density at radius 1 is 0.943 bits per heavy atom. The number of nitrogens with one attached hydrogen (secondary N) is 2. The maximum Gasteiger partial charge on any atom is 0.255 e. The van der Waals surface area contributed by atoms with E-state index in [-0.39, 0.29) is 24.1 Å². The normalized spacial score (nSPS) is 27.2. The molecule has 1 atom stereocenters. The fourth-order valence-corrected chi connectivity index (χ4v) is 6.45. The number of imide groups is 1. The van der Waals surface area contributed by atoms with Crippen molar-refractivity contribution in [3.63, 3.8) is 0 Å². The minimum atomic E-state index is -0.559. The van der Waals surface area contributed by atoms with Gasteiger partial charge < -0.3 is 15.1 Å². The van der Waals surface area contributed by atoms with Gasteiger partial charge in [0.25, 0.3) is 5.91 Å². The second kappa shape index (κ2) is 9.52. The number of likely N-dealkylation sites (tertiary alicyclic amines) is 1. The van der Waals surface area contributed by atoms with E-state index in [1.807, 2.05) is 12.1 Å². The summed E-state index contributed by atoms with van der Waals surface area (Å²) in [6, 6.07) is 6.22. The molecule has 3 amide bonds. The van der Waals surface area contributed by atoms with Gasteiger partial charge >= 0.3 is 0 Å². The van der Waals surface area contributed by atoms with Crippen LogP contribution in [0.1, 0.15) is 41.6 Å². The van der Waals surface area contributed by atoms with Gasteiger partial charge in [0.15, 0.2) is 0 Å². The molecule has 9 heteroatoms. The van der Waals surface area contributed by atoms with Crippen molar-refractivity contribution < 1.29 is 14.4 Å². The maximum absolute atomic E-state index is 13.0. The van der Waals surface area contributed by atoms with E-state index in [1.165, 1.54) is 45.6 Å². The monoisotopic (exact) mass is 480 g/mol. The minimum Gasteiger partial charge on any atom is -0.369 e. The molecule has 5 aliphatic rings. The largest absolute Gasteiger partial charge is 0.369 e. The van der Waals surface area contributed by atoms with Gasteiger partial charge in [-0.3, -0.25) is 29.5 Å². The van der Waals surface area contributed by atoms with Crippen molar-refractivity contribution in [1.82, 2.24) is 25.3 Å². The second-order valence-electron chi connectivity index (χ2n) is 10.8. The molecule has 4 fully saturated rings. The lowest BCUT2D eigenvalue weighted by Crippen LogP contribution is -2.63. The third-order valence-electron chi connectivity index (χ3n) is 8.62. The predicted molar refractivity (Wildman–Crippen MR) is 132 cm³/mol. The fraction of sp³-hybridized carbons (Fsp3) is 0.654. The van der Waals surface area contributed by atoms with Gasteiger partial charge in [-0.1, -0.05) is 0 Å². The molecule has 9 nitrogen and oxygen atoms in total. The Balaban J connectivity index is 1.01. The van der Waals surface area contributed by atoms with Crippen LogP contribution in [0.25, 0.3) is 0 Å². The molecule has 1 aromatic rings. The van der Waals surface area contributed by atoms with Gasteiger partial charge in [0.1, 0.15) is 6.04 Å². The van der Waals surface area contributed by atoms with E-state index in [0.717, 1.165) is 43.3 Å². The molecule has 4 saturated heterocycles. The lowest BCUT2D eigenvalue weighted by atomic mass is 9.95. The molecule has 35 heavy (non-hydrogen) atoms. The van der Waals surface area contributed by atoms with Gasteiger partial charge in [0.05, 0.1) is 0 Å². The number of piperazine rings is 1. The van der Waals surface area contributed by atoms with E-state index in [0.29, 0.717) is 24.6 Å². The van der Waals surface area contributed by atoms with E-state index in [1.54, 1.807) is 4.90 Å². The average Bonchev–Trinajstić information content (AvgIpc) is 3.17. The Morgan fingerprint density at radius 3 is 2.46 bits per heavy atom. The highest BCUT2D eigenvalue weighted by Gasteiger charge is 2.39. The number of amides is 3. The number of hydrogen-bond donors (Lipinski definition) is 2. The van der Waals surface area contributed by atoms with Crippen molar-refractivity contribution in [2.45, 2.75) is 44.3 Å². The van der Waals surface area contributed by atoms with Gasteiger partial charge in [-0.05, 0) is 62.0 Å². The number of hydrogen-bond acceptors (Lipinski definition) is 7. The molecule has 0 saturated carbocycles. The third-order valence-corrected chi connectivity index (χ3v) is 8.62. The van der Waals surface area contributed by atoms with E-state index in [9.17, 15) is 14.4 Å². The summed E-state index contributed by atoms with van der Waals surface area (Å²) in [5.74, 6) is 0.147. The maximum atomic E-state index is 13.0. The molecule has 1 aromatic carbocycles. The van der Waals surface area contributed by atoms with Crippen molar-refractivity contribution >= 4 is 23.4 Å². The van der Waals surface area contributed by atoms with Gasteiger partial charge in [-0.15, -0.1) is 0 Å². The summed E-state index contributed by atoms with van der Waals surface area (Å²) in [7, 11) is 0. The summed E-state index contributed by atoms with van der Waals surface area (Å²) in [6.07, 6.45) is 3.31. The van der Waals surface area contributed by atoms with Crippen molar-refractivity contribution in [1.29, 1.82) is 0 Å². The highest BCUT2D eigenvalue weighted by Crippen LogP contribution is 2.31. The molecule has 0 radical (unpaired) electrons. The van der Waals surface area contributed by atoms with Crippen molar-refractivity contribution in [3.05, 3.63) is 29.3 Å². The number of nitrogens with zero attached hydrogens (tertiary/aromatic N) is 4. The van der Waals surface area contributed by atoms with E-state index in [4.69, 9.17) is 0 Å². The van der Waals surface area contributed by atoms with Crippen molar-refractivity contribution in [3.8, 4) is 0 Å². The van der Waals surface area contributed by atoms with Crippen LogP contribution < -0.4 is 15.5 Å². The molecule has 5 aliphatic heterocycles. The summed E-state index contributed by atoms with van der Waals surface area (Å²) in [4.78, 5) is 46.1. The van der Waals surface area contributed by atoms with Gasteiger partial charge in [0.2, 0.25) is 11.8 Å². The van der Waals surface area contributed by atoms with Crippen LogP contribution >= 0.6 is 0 Å².